The van der Waals surface area contributed by atoms with Crippen molar-refractivity contribution in [1.82, 2.24) is 0 Å². The van der Waals surface area contributed by atoms with E-state index in [1.807, 2.05) is 48.5 Å². The molecule has 0 unspecified atom stereocenters. The van der Waals surface area contributed by atoms with Gasteiger partial charge in [0.15, 0.2) is 0 Å². The number of halogens is 1. The zero-order valence-corrected chi connectivity index (χ0v) is 12.8. The van der Waals surface area contributed by atoms with E-state index in [0.717, 1.165) is 28.0 Å². The molecule has 0 bridgehead atoms. The van der Waals surface area contributed by atoms with Crippen LogP contribution < -0.4 is 15.2 Å². The van der Waals surface area contributed by atoms with Crippen molar-refractivity contribution in [2.45, 2.75) is 13.0 Å². The van der Waals surface area contributed by atoms with Crippen molar-refractivity contribution in [1.29, 1.82) is 0 Å². The molecule has 4 heteroatoms. The molecule has 0 fully saturated rings. The molecule has 2 rings (SSSR count). The lowest BCUT2D eigenvalue weighted by molar-refractivity contribution is 0.245. The summed E-state index contributed by atoms with van der Waals surface area (Å²) in [7, 11) is 0. The number of ether oxygens (including phenoxy) is 2. The van der Waals surface area contributed by atoms with Crippen LogP contribution in [0.15, 0.2) is 53.0 Å². The van der Waals surface area contributed by atoms with Gasteiger partial charge in [0.2, 0.25) is 0 Å². The van der Waals surface area contributed by atoms with Crippen LogP contribution in [0, 0.1) is 0 Å². The Morgan fingerprint density at radius 2 is 1.45 bits per heavy atom. The quantitative estimate of drug-likeness (QED) is 0.783. The largest absolute Gasteiger partial charge is 0.493 e. The Balaban J connectivity index is 1.73. The summed E-state index contributed by atoms with van der Waals surface area (Å²) in [6.07, 6.45) is 0.820. The third-order valence-corrected chi connectivity index (χ3v) is 3.49. The van der Waals surface area contributed by atoms with Gasteiger partial charge in [-0.25, -0.2) is 0 Å². The maximum absolute atomic E-state index is 5.72. The fraction of sp³-hybridized carbons (Fsp3) is 0.250. The Morgan fingerprint density at radius 3 is 2.15 bits per heavy atom. The highest BCUT2D eigenvalue weighted by molar-refractivity contribution is 9.10. The van der Waals surface area contributed by atoms with Crippen LogP contribution in [0.5, 0.6) is 11.5 Å². The van der Waals surface area contributed by atoms with Crippen molar-refractivity contribution >= 4 is 15.9 Å². The van der Waals surface area contributed by atoms with Crippen molar-refractivity contribution in [3.8, 4) is 11.5 Å². The molecule has 0 atom stereocenters. The molecule has 0 radical (unpaired) electrons. The minimum Gasteiger partial charge on any atom is -0.493 e. The smallest absolute Gasteiger partial charge is 0.133 e. The first-order valence-electron chi connectivity index (χ1n) is 6.59. The topological polar surface area (TPSA) is 44.5 Å². The SMILES string of the molecule is NCc1ccccc1OCCCOc1ccccc1Br. The Bertz CT molecular complexity index is 546. The summed E-state index contributed by atoms with van der Waals surface area (Å²) in [4.78, 5) is 0. The number of para-hydroxylation sites is 2. The second kappa shape index (κ2) is 7.92. The van der Waals surface area contributed by atoms with E-state index in [0.29, 0.717) is 19.8 Å². The third-order valence-electron chi connectivity index (χ3n) is 2.83. The van der Waals surface area contributed by atoms with Crippen LogP contribution in [0.2, 0.25) is 0 Å². The summed E-state index contributed by atoms with van der Waals surface area (Å²) in [6, 6.07) is 15.6. The van der Waals surface area contributed by atoms with Gasteiger partial charge in [0.05, 0.1) is 17.7 Å². The standard InChI is InChI=1S/C16H18BrNO2/c17-14-7-2-4-9-16(14)20-11-5-10-19-15-8-3-1-6-13(15)12-18/h1-4,6-9H,5,10-12,18H2. The van der Waals surface area contributed by atoms with Gasteiger partial charge in [-0.15, -0.1) is 0 Å². The van der Waals surface area contributed by atoms with E-state index in [2.05, 4.69) is 15.9 Å². The van der Waals surface area contributed by atoms with E-state index in [1.165, 1.54) is 0 Å². The molecule has 2 aromatic carbocycles. The van der Waals surface area contributed by atoms with E-state index in [-0.39, 0.29) is 0 Å². The van der Waals surface area contributed by atoms with Crippen LogP contribution in [-0.2, 0) is 6.54 Å². The number of hydrogen-bond acceptors (Lipinski definition) is 3. The Morgan fingerprint density at radius 1 is 0.850 bits per heavy atom. The maximum Gasteiger partial charge on any atom is 0.133 e. The molecule has 3 nitrogen and oxygen atoms in total. The van der Waals surface area contributed by atoms with Gasteiger partial charge >= 0.3 is 0 Å². The summed E-state index contributed by atoms with van der Waals surface area (Å²) in [6.45, 7) is 1.72. The molecular weight excluding hydrogens is 318 g/mol. The minimum atomic E-state index is 0.490. The summed E-state index contributed by atoms with van der Waals surface area (Å²) in [5.41, 5.74) is 6.69. The van der Waals surface area contributed by atoms with Crippen molar-refractivity contribution in [2.24, 2.45) is 5.73 Å². The summed E-state index contributed by atoms with van der Waals surface area (Å²) in [5.74, 6) is 1.71. The van der Waals surface area contributed by atoms with Gasteiger partial charge in [0.25, 0.3) is 0 Å². The third kappa shape index (κ3) is 4.25. The van der Waals surface area contributed by atoms with Gasteiger partial charge in [0, 0.05) is 18.5 Å². The lowest BCUT2D eigenvalue weighted by atomic mass is 10.2. The Labute approximate surface area is 127 Å². The molecule has 0 aromatic heterocycles. The minimum absolute atomic E-state index is 0.490. The first-order valence-corrected chi connectivity index (χ1v) is 7.38. The van der Waals surface area contributed by atoms with Gasteiger partial charge in [-0.05, 0) is 34.1 Å². The Hall–Kier alpha value is -1.52. The van der Waals surface area contributed by atoms with Gasteiger partial charge < -0.3 is 15.2 Å². The second-order valence-corrected chi connectivity index (χ2v) is 5.15. The molecule has 0 saturated heterocycles. The van der Waals surface area contributed by atoms with E-state index < -0.39 is 0 Å². The van der Waals surface area contributed by atoms with Crippen molar-refractivity contribution in [3.05, 3.63) is 58.6 Å². The zero-order valence-electron chi connectivity index (χ0n) is 11.2. The highest BCUT2D eigenvalue weighted by atomic mass is 79.9. The van der Waals surface area contributed by atoms with Crippen LogP contribution >= 0.6 is 15.9 Å². The van der Waals surface area contributed by atoms with E-state index in [1.54, 1.807) is 0 Å². The first kappa shape index (κ1) is 14.9. The van der Waals surface area contributed by atoms with E-state index >= 15 is 0 Å². The first-order chi connectivity index (χ1) is 9.81. The molecule has 2 N–H and O–H groups in total. The molecule has 0 saturated carbocycles. The predicted molar refractivity (Wildman–Crippen MR) is 84.1 cm³/mol. The fourth-order valence-electron chi connectivity index (χ4n) is 1.80. The zero-order chi connectivity index (χ0) is 14.2. The molecule has 0 amide bonds. The van der Waals surface area contributed by atoms with Crippen LogP contribution in [0.25, 0.3) is 0 Å². The fourth-order valence-corrected chi connectivity index (χ4v) is 2.20. The van der Waals surface area contributed by atoms with Gasteiger partial charge in [-0.3, -0.25) is 0 Å². The van der Waals surface area contributed by atoms with Crippen LogP contribution in [-0.4, -0.2) is 13.2 Å². The summed E-state index contributed by atoms with van der Waals surface area (Å²) < 4.78 is 12.4. The van der Waals surface area contributed by atoms with Crippen LogP contribution in [0.4, 0.5) is 0 Å². The molecule has 0 aliphatic rings. The lowest BCUT2D eigenvalue weighted by Crippen LogP contribution is -2.07. The van der Waals surface area contributed by atoms with E-state index in [4.69, 9.17) is 15.2 Å². The van der Waals surface area contributed by atoms with Crippen molar-refractivity contribution in [3.63, 3.8) is 0 Å². The molecule has 0 heterocycles. The molecule has 2 aromatic rings. The lowest BCUT2D eigenvalue weighted by Gasteiger charge is -2.11. The summed E-state index contributed by atoms with van der Waals surface area (Å²) >= 11 is 3.45. The van der Waals surface area contributed by atoms with Gasteiger partial charge in [-0.1, -0.05) is 30.3 Å². The molecule has 0 aliphatic carbocycles. The Kier molecular flexibility index (Phi) is 5.89. The highest BCUT2D eigenvalue weighted by Crippen LogP contribution is 2.23. The number of nitrogens with two attached hydrogens (primary N) is 1. The molecule has 106 valence electrons. The van der Waals surface area contributed by atoms with Gasteiger partial charge in [-0.2, -0.15) is 0 Å². The monoisotopic (exact) mass is 335 g/mol. The summed E-state index contributed by atoms with van der Waals surface area (Å²) in [5, 5.41) is 0. The molecule has 0 spiro atoms. The second-order valence-electron chi connectivity index (χ2n) is 4.29. The number of benzene rings is 2. The van der Waals surface area contributed by atoms with Crippen molar-refractivity contribution in [2.75, 3.05) is 13.2 Å². The average Bonchev–Trinajstić information content (AvgIpc) is 2.49. The number of hydrogen-bond donors (Lipinski definition) is 1. The molecule has 20 heavy (non-hydrogen) atoms. The predicted octanol–water partition coefficient (Wildman–Crippen LogP) is 3.76. The van der Waals surface area contributed by atoms with Crippen LogP contribution in [0.3, 0.4) is 0 Å². The van der Waals surface area contributed by atoms with Crippen molar-refractivity contribution < 1.29 is 9.47 Å². The maximum atomic E-state index is 5.72. The highest BCUT2D eigenvalue weighted by Gasteiger charge is 2.01. The van der Waals surface area contributed by atoms with Gasteiger partial charge in [0.1, 0.15) is 11.5 Å². The van der Waals surface area contributed by atoms with E-state index in [9.17, 15) is 0 Å². The number of rotatable bonds is 7. The average molecular weight is 336 g/mol. The molecule has 0 aliphatic heterocycles. The molecular formula is C16H18BrNO2. The van der Waals surface area contributed by atoms with Crippen LogP contribution in [0.1, 0.15) is 12.0 Å². The normalized spacial score (nSPS) is 10.3.